The number of aromatic nitrogens is 1. The van der Waals surface area contributed by atoms with E-state index < -0.39 is 0 Å². The van der Waals surface area contributed by atoms with Gasteiger partial charge in [-0.15, -0.1) is 0 Å². The Morgan fingerprint density at radius 2 is 2.38 bits per heavy atom. The third-order valence-corrected chi connectivity index (χ3v) is 3.58. The van der Waals surface area contributed by atoms with E-state index in [1.54, 1.807) is 6.20 Å². The SMILES string of the molecule is CC1CCCC(CN)N1c1ncccc1Cl. The molecule has 4 heteroatoms. The number of anilines is 1. The highest BCUT2D eigenvalue weighted by Crippen LogP contribution is 2.31. The van der Waals surface area contributed by atoms with Gasteiger partial charge in [0.25, 0.3) is 0 Å². The third kappa shape index (κ3) is 2.15. The van der Waals surface area contributed by atoms with Crippen LogP contribution in [0.4, 0.5) is 5.82 Å². The molecule has 0 amide bonds. The van der Waals surface area contributed by atoms with Gasteiger partial charge < -0.3 is 10.6 Å². The minimum Gasteiger partial charge on any atom is -0.348 e. The predicted octanol–water partition coefficient (Wildman–Crippen LogP) is 2.44. The highest BCUT2D eigenvalue weighted by atomic mass is 35.5. The molecule has 88 valence electrons. The number of hydrogen-bond donors (Lipinski definition) is 1. The Kier molecular flexibility index (Phi) is 3.66. The Morgan fingerprint density at radius 1 is 1.56 bits per heavy atom. The molecule has 1 fully saturated rings. The van der Waals surface area contributed by atoms with Crippen LogP contribution in [-0.2, 0) is 0 Å². The van der Waals surface area contributed by atoms with Gasteiger partial charge in [0.05, 0.1) is 5.02 Å². The molecule has 1 aliphatic rings. The van der Waals surface area contributed by atoms with Gasteiger partial charge in [-0.25, -0.2) is 4.98 Å². The Labute approximate surface area is 102 Å². The van der Waals surface area contributed by atoms with E-state index in [0.717, 1.165) is 17.3 Å². The minimum absolute atomic E-state index is 0.371. The second-order valence-corrected chi connectivity index (χ2v) is 4.79. The monoisotopic (exact) mass is 239 g/mol. The highest BCUT2D eigenvalue weighted by molar-refractivity contribution is 6.32. The van der Waals surface area contributed by atoms with Gasteiger partial charge in [-0.1, -0.05) is 11.6 Å². The third-order valence-electron chi connectivity index (χ3n) is 3.28. The van der Waals surface area contributed by atoms with E-state index in [9.17, 15) is 0 Å². The molecule has 2 atom stereocenters. The number of hydrogen-bond acceptors (Lipinski definition) is 3. The zero-order chi connectivity index (χ0) is 11.5. The fourth-order valence-electron chi connectivity index (χ4n) is 2.47. The van der Waals surface area contributed by atoms with Crippen LogP contribution in [0.3, 0.4) is 0 Å². The summed E-state index contributed by atoms with van der Waals surface area (Å²) in [4.78, 5) is 6.67. The average Bonchev–Trinajstić information content (AvgIpc) is 2.30. The molecule has 1 aromatic heterocycles. The maximum atomic E-state index is 6.20. The molecule has 16 heavy (non-hydrogen) atoms. The molecule has 1 saturated heterocycles. The van der Waals surface area contributed by atoms with Crippen LogP contribution in [0.25, 0.3) is 0 Å². The summed E-state index contributed by atoms with van der Waals surface area (Å²) in [6.45, 7) is 2.88. The first-order chi connectivity index (χ1) is 7.74. The van der Waals surface area contributed by atoms with E-state index in [0.29, 0.717) is 18.6 Å². The largest absolute Gasteiger partial charge is 0.348 e. The first-order valence-corrected chi connectivity index (χ1v) is 6.20. The van der Waals surface area contributed by atoms with Crippen molar-refractivity contribution in [3.8, 4) is 0 Å². The van der Waals surface area contributed by atoms with Crippen LogP contribution < -0.4 is 10.6 Å². The summed E-state index contributed by atoms with van der Waals surface area (Å²) in [5, 5.41) is 0.717. The van der Waals surface area contributed by atoms with Crippen molar-refractivity contribution >= 4 is 17.4 Å². The van der Waals surface area contributed by atoms with Crippen LogP contribution in [0, 0.1) is 0 Å². The lowest BCUT2D eigenvalue weighted by atomic mass is 9.96. The zero-order valence-corrected chi connectivity index (χ0v) is 10.3. The second kappa shape index (κ2) is 5.02. The minimum atomic E-state index is 0.371. The molecule has 0 spiro atoms. The van der Waals surface area contributed by atoms with Gasteiger partial charge in [0.2, 0.25) is 0 Å². The van der Waals surface area contributed by atoms with Crippen LogP contribution in [0.1, 0.15) is 26.2 Å². The van der Waals surface area contributed by atoms with Crippen LogP contribution >= 0.6 is 11.6 Å². The molecule has 0 aliphatic carbocycles. The summed E-state index contributed by atoms with van der Waals surface area (Å²) in [5.41, 5.74) is 5.83. The van der Waals surface area contributed by atoms with E-state index in [2.05, 4.69) is 16.8 Å². The molecule has 1 aromatic rings. The second-order valence-electron chi connectivity index (χ2n) is 4.39. The zero-order valence-electron chi connectivity index (χ0n) is 9.56. The lowest BCUT2D eigenvalue weighted by Crippen LogP contribution is -2.49. The summed E-state index contributed by atoms with van der Waals surface area (Å²) < 4.78 is 0. The molecule has 3 nitrogen and oxygen atoms in total. The maximum absolute atomic E-state index is 6.20. The fraction of sp³-hybridized carbons (Fsp3) is 0.583. The number of rotatable bonds is 2. The maximum Gasteiger partial charge on any atom is 0.147 e. The summed E-state index contributed by atoms with van der Waals surface area (Å²) in [5.74, 6) is 0.881. The number of nitrogens with zero attached hydrogens (tertiary/aromatic N) is 2. The summed E-state index contributed by atoms with van der Waals surface area (Å²) in [7, 11) is 0. The molecular formula is C12H18ClN3. The smallest absolute Gasteiger partial charge is 0.147 e. The van der Waals surface area contributed by atoms with Crippen LogP contribution in [0.2, 0.25) is 5.02 Å². The Bertz CT molecular complexity index is 356. The number of halogens is 1. The van der Waals surface area contributed by atoms with Crippen molar-refractivity contribution in [2.75, 3.05) is 11.4 Å². The van der Waals surface area contributed by atoms with Gasteiger partial charge in [0.1, 0.15) is 5.82 Å². The first-order valence-electron chi connectivity index (χ1n) is 5.83. The Balaban J connectivity index is 2.32. The molecule has 0 saturated carbocycles. The van der Waals surface area contributed by atoms with Crippen molar-refractivity contribution in [1.29, 1.82) is 0 Å². The van der Waals surface area contributed by atoms with Crippen LogP contribution in [0.5, 0.6) is 0 Å². The summed E-state index contributed by atoms with van der Waals surface area (Å²) in [6, 6.07) is 4.59. The average molecular weight is 240 g/mol. The molecule has 2 heterocycles. The fourth-order valence-corrected chi connectivity index (χ4v) is 2.69. The van der Waals surface area contributed by atoms with E-state index in [1.165, 1.54) is 12.8 Å². The van der Waals surface area contributed by atoms with E-state index >= 15 is 0 Å². The normalized spacial score (nSPS) is 25.8. The van der Waals surface area contributed by atoms with Gasteiger partial charge in [-0.3, -0.25) is 0 Å². The van der Waals surface area contributed by atoms with E-state index in [1.807, 2.05) is 12.1 Å². The first kappa shape index (κ1) is 11.7. The lowest BCUT2D eigenvalue weighted by Gasteiger charge is -2.41. The van der Waals surface area contributed by atoms with Gasteiger partial charge in [-0.05, 0) is 38.3 Å². The molecule has 0 radical (unpaired) electrons. The van der Waals surface area contributed by atoms with Crippen LogP contribution in [0.15, 0.2) is 18.3 Å². The molecule has 1 aliphatic heterocycles. The molecule has 2 rings (SSSR count). The lowest BCUT2D eigenvalue weighted by molar-refractivity contribution is 0.398. The van der Waals surface area contributed by atoms with E-state index in [-0.39, 0.29) is 0 Å². The molecule has 2 N–H and O–H groups in total. The number of nitrogens with two attached hydrogens (primary N) is 1. The quantitative estimate of drug-likeness (QED) is 0.862. The molecule has 2 unspecified atom stereocenters. The number of piperidine rings is 1. The Hall–Kier alpha value is -0.800. The van der Waals surface area contributed by atoms with Crippen molar-refractivity contribution < 1.29 is 0 Å². The van der Waals surface area contributed by atoms with Crippen LogP contribution in [-0.4, -0.2) is 23.6 Å². The number of pyridine rings is 1. The molecule has 0 bridgehead atoms. The van der Waals surface area contributed by atoms with Crippen molar-refractivity contribution in [2.45, 2.75) is 38.3 Å². The van der Waals surface area contributed by atoms with Gasteiger partial charge >= 0.3 is 0 Å². The van der Waals surface area contributed by atoms with Crippen molar-refractivity contribution in [3.05, 3.63) is 23.4 Å². The van der Waals surface area contributed by atoms with Crippen molar-refractivity contribution in [3.63, 3.8) is 0 Å². The topological polar surface area (TPSA) is 42.1 Å². The Morgan fingerprint density at radius 3 is 3.06 bits per heavy atom. The van der Waals surface area contributed by atoms with Gasteiger partial charge in [-0.2, -0.15) is 0 Å². The van der Waals surface area contributed by atoms with Crippen molar-refractivity contribution in [1.82, 2.24) is 4.98 Å². The predicted molar refractivity (Wildman–Crippen MR) is 67.9 cm³/mol. The molecular weight excluding hydrogens is 222 g/mol. The van der Waals surface area contributed by atoms with Gasteiger partial charge in [0.15, 0.2) is 0 Å². The van der Waals surface area contributed by atoms with Crippen molar-refractivity contribution in [2.24, 2.45) is 5.73 Å². The summed E-state index contributed by atoms with van der Waals surface area (Å²) >= 11 is 6.20. The summed E-state index contributed by atoms with van der Waals surface area (Å²) in [6.07, 6.45) is 5.34. The van der Waals surface area contributed by atoms with E-state index in [4.69, 9.17) is 17.3 Å². The molecule has 0 aromatic carbocycles. The standard InChI is InChI=1S/C12H18ClN3/c1-9-4-2-5-10(8-14)16(9)12-11(13)6-3-7-15-12/h3,6-7,9-10H,2,4-5,8,14H2,1H3. The van der Waals surface area contributed by atoms with Gasteiger partial charge in [0, 0.05) is 24.8 Å². The highest BCUT2D eigenvalue weighted by Gasteiger charge is 2.28.